The van der Waals surface area contributed by atoms with Gasteiger partial charge in [-0.3, -0.25) is 0 Å². The summed E-state index contributed by atoms with van der Waals surface area (Å²) < 4.78 is 7.31. The highest BCUT2D eigenvalue weighted by Crippen LogP contribution is 2.41. The van der Waals surface area contributed by atoms with Crippen molar-refractivity contribution in [3.05, 3.63) is 158 Å². The number of nitrogens with zero attached hydrogens (tertiary/aromatic N) is 4. The topological polar surface area (TPSA) is 43.6 Å². The van der Waals surface area contributed by atoms with Gasteiger partial charge in [0, 0.05) is 73.5 Å². The van der Waals surface area contributed by atoms with Crippen LogP contribution in [0.25, 0.3) is 102 Å². The predicted octanol–water partition coefficient (Wildman–Crippen LogP) is 12.7. The van der Waals surface area contributed by atoms with E-state index in [1.54, 1.807) is 11.3 Å². The zero-order valence-electron chi connectivity index (χ0n) is 27.1. The van der Waals surface area contributed by atoms with Crippen LogP contribution >= 0.6 is 22.7 Å². The normalized spacial score (nSPS) is 11.9. The number of hydrogen-bond donors (Lipinski definition) is 0. The molecule has 7 aromatic carbocycles. The number of aromatic nitrogens is 4. The first-order chi connectivity index (χ1) is 25.3. The molecule has 11 rings (SSSR count). The lowest BCUT2D eigenvalue weighted by Crippen LogP contribution is -2.00. The van der Waals surface area contributed by atoms with E-state index < -0.39 is 0 Å². The molecular weight excluding hydrogens is 661 g/mol. The summed E-state index contributed by atoms with van der Waals surface area (Å²) in [4.78, 5) is 15.6. The van der Waals surface area contributed by atoms with E-state index in [0.29, 0.717) is 17.5 Å². The maximum absolute atomic E-state index is 5.20. The Morgan fingerprint density at radius 3 is 1.63 bits per heavy atom. The SMILES string of the molecule is c1ccc2c(c1)sc1ccc(-c3nc(-c4ccc(-n5c6ccccc6c6ccccc65)cc4)nc(-c4cccc5c4sc4ccccc45)n3)cc12. The minimum absolute atomic E-state index is 0.650. The van der Waals surface area contributed by atoms with Crippen molar-refractivity contribution in [1.82, 2.24) is 19.5 Å². The quantitative estimate of drug-likeness (QED) is 0.185. The average molecular weight is 687 g/mol. The minimum Gasteiger partial charge on any atom is -0.309 e. The molecule has 0 fully saturated rings. The van der Waals surface area contributed by atoms with E-state index in [1.165, 1.54) is 62.2 Å². The van der Waals surface area contributed by atoms with Gasteiger partial charge in [-0.25, -0.2) is 15.0 Å². The Hall–Kier alpha value is -6.21. The zero-order chi connectivity index (χ0) is 33.5. The Balaban J connectivity index is 1.11. The first-order valence-electron chi connectivity index (χ1n) is 16.9. The minimum atomic E-state index is 0.650. The van der Waals surface area contributed by atoms with Gasteiger partial charge in [0.15, 0.2) is 17.5 Å². The molecule has 4 aromatic heterocycles. The molecule has 0 saturated heterocycles. The molecule has 0 aliphatic rings. The summed E-state index contributed by atoms with van der Waals surface area (Å²) >= 11 is 3.61. The molecular formula is C45H26N4S2. The third-order valence-corrected chi connectivity index (χ3v) is 12.3. The molecule has 0 amide bonds. The lowest BCUT2D eigenvalue weighted by atomic mass is 10.1. The van der Waals surface area contributed by atoms with Gasteiger partial charge < -0.3 is 4.57 Å². The van der Waals surface area contributed by atoms with E-state index in [-0.39, 0.29) is 0 Å². The van der Waals surface area contributed by atoms with Crippen LogP contribution in [0.2, 0.25) is 0 Å². The van der Waals surface area contributed by atoms with Gasteiger partial charge in [0.25, 0.3) is 0 Å². The van der Waals surface area contributed by atoms with Crippen LogP contribution in [0, 0.1) is 0 Å². The molecule has 0 aliphatic carbocycles. The summed E-state index contributed by atoms with van der Waals surface area (Å²) in [7, 11) is 0. The Morgan fingerprint density at radius 2 is 0.902 bits per heavy atom. The zero-order valence-corrected chi connectivity index (χ0v) is 28.7. The van der Waals surface area contributed by atoms with E-state index in [4.69, 9.17) is 15.0 Å². The largest absolute Gasteiger partial charge is 0.309 e. The van der Waals surface area contributed by atoms with Crippen molar-refractivity contribution in [2.24, 2.45) is 0 Å². The van der Waals surface area contributed by atoms with Crippen molar-refractivity contribution >= 4 is 84.8 Å². The van der Waals surface area contributed by atoms with Gasteiger partial charge in [0.1, 0.15) is 0 Å². The predicted molar refractivity (Wildman–Crippen MR) is 216 cm³/mol. The van der Waals surface area contributed by atoms with Gasteiger partial charge in [-0.05, 0) is 72.8 Å². The fourth-order valence-corrected chi connectivity index (χ4v) is 9.80. The average Bonchev–Trinajstić information content (AvgIpc) is 3.87. The number of hydrogen-bond acceptors (Lipinski definition) is 5. The van der Waals surface area contributed by atoms with Crippen molar-refractivity contribution in [3.63, 3.8) is 0 Å². The van der Waals surface area contributed by atoms with Gasteiger partial charge in [-0.15, -0.1) is 22.7 Å². The van der Waals surface area contributed by atoms with Crippen molar-refractivity contribution in [2.45, 2.75) is 0 Å². The highest BCUT2D eigenvalue weighted by molar-refractivity contribution is 7.26. The number of rotatable bonds is 4. The molecule has 238 valence electrons. The van der Waals surface area contributed by atoms with Crippen LogP contribution in [0.15, 0.2) is 158 Å². The van der Waals surface area contributed by atoms with Crippen LogP contribution in [0.4, 0.5) is 0 Å². The molecule has 0 aliphatic heterocycles. The Labute approximate surface area is 300 Å². The van der Waals surface area contributed by atoms with E-state index in [1.807, 2.05) is 11.3 Å². The second-order valence-corrected chi connectivity index (χ2v) is 14.9. The van der Waals surface area contributed by atoms with E-state index in [0.717, 1.165) is 22.4 Å². The van der Waals surface area contributed by atoms with Crippen LogP contribution in [-0.2, 0) is 0 Å². The van der Waals surface area contributed by atoms with Crippen molar-refractivity contribution in [2.75, 3.05) is 0 Å². The smallest absolute Gasteiger partial charge is 0.165 e. The lowest BCUT2D eigenvalue weighted by Gasteiger charge is -2.11. The van der Waals surface area contributed by atoms with E-state index >= 15 is 0 Å². The van der Waals surface area contributed by atoms with Gasteiger partial charge in [-0.1, -0.05) is 84.9 Å². The van der Waals surface area contributed by atoms with Crippen LogP contribution in [0.3, 0.4) is 0 Å². The van der Waals surface area contributed by atoms with Gasteiger partial charge in [0.05, 0.1) is 11.0 Å². The highest BCUT2D eigenvalue weighted by Gasteiger charge is 2.18. The molecule has 4 nitrogen and oxygen atoms in total. The first kappa shape index (κ1) is 28.6. The highest BCUT2D eigenvalue weighted by atomic mass is 32.1. The molecule has 6 heteroatoms. The summed E-state index contributed by atoms with van der Waals surface area (Å²) in [6.45, 7) is 0. The van der Waals surface area contributed by atoms with Crippen LogP contribution in [-0.4, -0.2) is 19.5 Å². The summed E-state index contributed by atoms with van der Waals surface area (Å²) in [5.41, 5.74) is 6.39. The second kappa shape index (κ2) is 11.2. The van der Waals surface area contributed by atoms with Crippen LogP contribution in [0.1, 0.15) is 0 Å². The monoisotopic (exact) mass is 686 g/mol. The molecule has 51 heavy (non-hydrogen) atoms. The Bertz CT molecular complexity index is 3100. The maximum Gasteiger partial charge on any atom is 0.165 e. The van der Waals surface area contributed by atoms with Crippen LogP contribution in [0.5, 0.6) is 0 Å². The van der Waals surface area contributed by atoms with Gasteiger partial charge in [-0.2, -0.15) is 0 Å². The van der Waals surface area contributed by atoms with E-state index in [2.05, 4.69) is 162 Å². The summed E-state index contributed by atoms with van der Waals surface area (Å²) in [6, 6.07) is 56.0. The van der Waals surface area contributed by atoms with Gasteiger partial charge >= 0.3 is 0 Å². The number of benzene rings is 7. The van der Waals surface area contributed by atoms with Crippen molar-refractivity contribution < 1.29 is 0 Å². The van der Waals surface area contributed by atoms with Crippen molar-refractivity contribution in [1.29, 1.82) is 0 Å². The number of thiophene rings is 2. The maximum atomic E-state index is 5.20. The second-order valence-electron chi connectivity index (χ2n) is 12.8. The molecule has 4 heterocycles. The van der Waals surface area contributed by atoms with Gasteiger partial charge in [0.2, 0.25) is 0 Å². The molecule has 0 unspecified atom stereocenters. The molecule has 0 spiro atoms. The number of fused-ring (bicyclic) bond motifs is 9. The lowest BCUT2D eigenvalue weighted by molar-refractivity contribution is 1.08. The fraction of sp³-hybridized carbons (Fsp3) is 0. The number of para-hydroxylation sites is 2. The molecule has 11 aromatic rings. The van der Waals surface area contributed by atoms with Crippen LogP contribution < -0.4 is 0 Å². The third kappa shape index (κ3) is 4.47. The Morgan fingerprint density at radius 1 is 0.373 bits per heavy atom. The van der Waals surface area contributed by atoms with E-state index in [9.17, 15) is 0 Å². The first-order valence-corrected chi connectivity index (χ1v) is 18.6. The summed E-state index contributed by atoms with van der Waals surface area (Å²) in [5, 5.41) is 7.44. The molecule has 0 N–H and O–H groups in total. The summed E-state index contributed by atoms with van der Waals surface area (Å²) in [5.74, 6) is 1.99. The Kier molecular flexibility index (Phi) is 6.26. The third-order valence-electron chi connectivity index (χ3n) is 9.88. The molecule has 0 bridgehead atoms. The molecule has 0 atom stereocenters. The molecule has 0 radical (unpaired) electrons. The standard InChI is InChI=1S/C45H26N4S2/c1-5-16-37-30(10-1)31-11-2-6-17-38(31)49(37)29-23-20-27(21-24-29)43-46-44(28-22-25-41-36(26-28)33-13-4-7-18-39(33)50-41)48-45(47-43)35-15-9-14-34-32-12-3-8-19-40(32)51-42(34)35/h1-26H. The van der Waals surface area contributed by atoms with Crippen molar-refractivity contribution in [3.8, 4) is 39.9 Å². The summed E-state index contributed by atoms with van der Waals surface area (Å²) in [6.07, 6.45) is 0. The fourth-order valence-electron chi connectivity index (χ4n) is 7.50. The molecule has 0 saturated carbocycles.